The van der Waals surface area contributed by atoms with E-state index in [0.29, 0.717) is 0 Å². The third-order valence-corrected chi connectivity index (χ3v) is 5.05. The van der Waals surface area contributed by atoms with Crippen molar-refractivity contribution in [3.63, 3.8) is 0 Å². The Morgan fingerprint density at radius 2 is 2.15 bits per heavy atom. The molecule has 1 atom stereocenters. The van der Waals surface area contributed by atoms with Crippen molar-refractivity contribution in [2.75, 3.05) is 26.2 Å². The van der Waals surface area contributed by atoms with Crippen LogP contribution in [-0.4, -0.2) is 53.5 Å². The third-order valence-electron chi connectivity index (χ3n) is 3.92. The van der Waals surface area contributed by atoms with E-state index in [-0.39, 0.29) is 6.17 Å². The van der Waals surface area contributed by atoms with Crippen molar-refractivity contribution in [3.8, 4) is 0 Å². The Balaban J connectivity index is 1.69. The molecule has 4 rings (SSSR count). The van der Waals surface area contributed by atoms with Crippen LogP contribution in [-0.2, 0) is 4.79 Å². The van der Waals surface area contributed by atoms with Crippen LogP contribution in [0.4, 0.5) is 0 Å². The van der Waals surface area contributed by atoms with Gasteiger partial charge in [0.25, 0.3) is 0 Å². The summed E-state index contributed by atoms with van der Waals surface area (Å²) in [6.45, 7) is 4.14. The molecule has 0 saturated carbocycles. The van der Waals surface area contributed by atoms with Crippen molar-refractivity contribution in [2.24, 2.45) is 0 Å². The molecule has 1 N–H and O–H groups in total. The summed E-state index contributed by atoms with van der Waals surface area (Å²) in [5, 5.41) is 5.85. The van der Waals surface area contributed by atoms with Gasteiger partial charge in [0.2, 0.25) is 6.41 Å². The molecule has 0 aromatic rings. The van der Waals surface area contributed by atoms with E-state index in [1.165, 1.54) is 10.1 Å². The van der Waals surface area contributed by atoms with E-state index in [9.17, 15) is 4.79 Å². The van der Waals surface area contributed by atoms with E-state index in [0.717, 1.165) is 38.3 Å². The third kappa shape index (κ3) is 1.79. The Kier molecular flexibility index (Phi) is 2.85. The summed E-state index contributed by atoms with van der Waals surface area (Å²) in [4.78, 5) is 17.5. The first-order valence-corrected chi connectivity index (χ1v) is 7.66. The minimum atomic E-state index is 0.0100. The van der Waals surface area contributed by atoms with Gasteiger partial charge in [0.15, 0.2) is 0 Å². The molecule has 0 spiro atoms. The average molecular weight is 288 g/mol. The number of piperazine rings is 1. The van der Waals surface area contributed by atoms with Gasteiger partial charge in [0, 0.05) is 32.4 Å². The van der Waals surface area contributed by atoms with Crippen LogP contribution in [0.2, 0.25) is 0 Å². The molecule has 20 heavy (non-hydrogen) atoms. The number of hydrogen-bond donors (Lipinski definition) is 1. The second-order valence-corrected chi connectivity index (χ2v) is 6.14. The highest BCUT2D eigenvalue weighted by molar-refractivity contribution is 8.06. The Bertz CT molecular complexity index is 560. The van der Waals surface area contributed by atoms with Crippen molar-refractivity contribution in [3.05, 3.63) is 46.3 Å². The summed E-state index contributed by atoms with van der Waals surface area (Å²) in [6, 6.07) is 0. The zero-order valence-electron chi connectivity index (χ0n) is 11.0. The lowest BCUT2D eigenvalue weighted by molar-refractivity contribution is -0.117. The molecule has 1 saturated heterocycles. The predicted molar refractivity (Wildman–Crippen MR) is 79.0 cm³/mol. The highest BCUT2D eigenvalue weighted by Crippen LogP contribution is 2.44. The van der Waals surface area contributed by atoms with Gasteiger partial charge in [0.05, 0.1) is 15.8 Å². The van der Waals surface area contributed by atoms with Crippen LogP contribution in [0.3, 0.4) is 0 Å². The number of rotatable bonds is 2. The van der Waals surface area contributed by atoms with Crippen LogP contribution in [0.15, 0.2) is 46.3 Å². The lowest BCUT2D eigenvalue weighted by atomic mass is 10.2. The highest BCUT2D eigenvalue weighted by atomic mass is 32.2. The van der Waals surface area contributed by atoms with E-state index in [1.54, 1.807) is 16.7 Å². The standard InChI is InChI=1S/C14H16N4OS/c19-10-17-9-11-8-14(16-6-4-15-5-7-16)20-13-3-1-2-12(17)18(11)13/h1-3,8-10,12,15H,4-7H2. The first kappa shape index (κ1) is 12.1. The molecule has 0 aromatic carbocycles. The Labute approximate surface area is 122 Å². The molecule has 4 heterocycles. The minimum absolute atomic E-state index is 0.0100. The minimum Gasteiger partial charge on any atom is -0.363 e. The monoisotopic (exact) mass is 288 g/mol. The fraction of sp³-hybridized carbons (Fsp3) is 0.357. The van der Waals surface area contributed by atoms with Crippen molar-refractivity contribution >= 4 is 18.2 Å². The van der Waals surface area contributed by atoms with Crippen molar-refractivity contribution < 1.29 is 4.79 Å². The summed E-state index contributed by atoms with van der Waals surface area (Å²) in [6.07, 6.45) is 11.2. The molecule has 0 radical (unpaired) electrons. The van der Waals surface area contributed by atoms with Gasteiger partial charge in [-0.15, -0.1) is 0 Å². The summed E-state index contributed by atoms with van der Waals surface area (Å²) in [5.74, 6) is 0. The van der Waals surface area contributed by atoms with Crippen molar-refractivity contribution in [1.82, 2.24) is 20.0 Å². The summed E-state index contributed by atoms with van der Waals surface area (Å²) < 4.78 is 0. The normalized spacial score (nSPS) is 27.9. The van der Waals surface area contributed by atoms with Crippen molar-refractivity contribution in [1.29, 1.82) is 0 Å². The van der Waals surface area contributed by atoms with Crippen molar-refractivity contribution in [2.45, 2.75) is 6.17 Å². The molecule has 0 aromatic heterocycles. The Morgan fingerprint density at radius 3 is 2.95 bits per heavy atom. The number of thioether (sulfide) groups is 1. The number of carbonyl (C=O) groups is 1. The highest BCUT2D eigenvalue weighted by Gasteiger charge is 2.37. The molecule has 104 valence electrons. The number of carbonyl (C=O) groups excluding carboxylic acids is 1. The molecule has 0 aliphatic carbocycles. The zero-order chi connectivity index (χ0) is 13.5. The van der Waals surface area contributed by atoms with Crippen LogP contribution in [0.5, 0.6) is 0 Å². The SMILES string of the molecule is O=CN1C=C2C=C(N3CCNCC3)SC3=CC=CC1N23. The number of amides is 1. The molecule has 1 unspecified atom stereocenters. The van der Waals surface area contributed by atoms with Gasteiger partial charge in [0.1, 0.15) is 6.17 Å². The van der Waals surface area contributed by atoms with E-state index in [2.05, 4.69) is 27.3 Å². The van der Waals surface area contributed by atoms with Gasteiger partial charge in [-0.25, -0.2) is 0 Å². The predicted octanol–water partition coefficient (Wildman–Crippen LogP) is 0.832. The summed E-state index contributed by atoms with van der Waals surface area (Å²) in [7, 11) is 0. The van der Waals surface area contributed by atoms with Crippen LogP contribution >= 0.6 is 11.8 Å². The maximum absolute atomic E-state index is 11.2. The van der Waals surface area contributed by atoms with Gasteiger partial charge in [-0.2, -0.15) is 0 Å². The molecule has 1 amide bonds. The van der Waals surface area contributed by atoms with E-state index >= 15 is 0 Å². The Morgan fingerprint density at radius 1 is 1.30 bits per heavy atom. The molecular weight excluding hydrogens is 272 g/mol. The van der Waals surface area contributed by atoms with Crippen LogP contribution in [0, 0.1) is 0 Å². The van der Waals surface area contributed by atoms with Crippen LogP contribution < -0.4 is 5.32 Å². The fourth-order valence-corrected chi connectivity index (χ4v) is 4.09. The van der Waals surface area contributed by atoms with Gasteiger partial charge >= 0.3 is 0 Å². The molecule has 4 aliphatic rings. The van der Waals surface area contributed by atoms with Gasteiger partial charge < -0.3 is 15.1 Å². The maximum atomic E-state index is 11.2. The lowest BCUT2D eigenvalue weighted by Crippen LogP contribution is -2.44. The van der Waals surface area contributed by atoms with Gasteiger partial charge in [-0.1, -0.05) is 17.8 Å². The number of allylic oxidation sites excluding steroid dienone is 3. The van der Waals surface area contributed by atoms with Gasteiger partial charge in [-0.05, 0) is 18.2 Å². The zero-order valence-corrected chi connectivity index (χ0v) is 11.8. The fourth-order valence-electron chi connectivity index (χ4n) is 2.92. The largest absolute Gasteiger partial charge is 0.363 e. The molecule has 1 fully saturated rings. The molecule has 5 nitrogen and oxygen atoms in total. The second kappa shape index (κ2) is 4.71. The summed E-state index contributed by atoms with van der Waals surface area (Å²) in [5.41, 5.74) is 1.10. The molecule has 0 bridgehead atoms. The van der Waals surface area contributed by atoms with E-state index < -0.39 is 0 Å². The van der Waals surface area contributed by atoms with Crippen LogP contribution in [0.25, 0.3) is 0 Å². The maximum Gasteiger partial charge on any atom is 0.215 e. The second-order valence-electron chi connectivity index (χ2n) is 5.10. The lowest BCUT2D eigenvalue weighted by Gasteiger charge is -2.39. The number of hydrogen-bond acceptors (Lipinski definition) is 5. The average Bonchev–Trinajstić information content (AvgIpc) is 2.88. The van der Waals surface area contributed by atoms with Gasteiger partial charge in [-0.3, -0.25) is 9.69 Å². The first-order valence-electron chi connectivity index (χ1n) is 6.84. The van der Waals surface area contributed by atoms with Crippen LogP contribution in [0.1, 0.15) is 0 Å². The number of nitrogens with zero attached hydrogens (tertiary/aromatic N) is 3. The topological polar surface area (TPSA) is 38.8 Å². The Hall–Kier alpha value is -1.66. The van der Waals surface area contributed by atoms with E-state index in [1.807, 2.05) is 18.4 Å². The summed E-state index contributed by atoms with van der Waals surface area (Å²) >= 11 is 1.79. The van der Waals surface area contributed by atoms with E-state index in [4.69, 9.17) is 0 Å². The smallest absolute Gasteiger partial charge is 0.215 e. The molecule has 6 heteroatoms. The quantitative estimate of drug-likeness (QED) is 0.762. The first-order chi connectivity index (χ1) is 9.86. The molecule has 4 aliphatic heterocycles. The molecular formula is C14H16N4OS. The number of nitrogens with one attached hydrogen (secondary N) is 1.